The molecule has 90 valence electrons. The van der Waals surface area contributed by atoms with E-state index in [1.807, 2.05) is 6.92 Å². The zero-order chi connectivity index (χ0) is 11.7. The quantitative estimate of drug-likeness (QED) is 0.577. The minimum Gasteiger partial charge on any atom is -0.481 e. The average molecular weight is 221 g/mol. The topological polar surface area (TPSA) is 72.5 Å². The van der Waals surface area contributed by atoms with E-state index in [9.17, 15) is 9.18 Å². The van der Waals surface area contributed by atoms with Crippen LogP contribution >= 0.6 is 0 Å². The van der Waals surface area contributed by atoms with Gasteiger partial charge < -0.3 is 15.6 Å². The maximum atomic E-state index is 11.6. The number of aliphatic carboxylic acids is 1. The van der Waals surface area contributed by atoms with Crippen molar-refractivity contribution in [3.05, 3.63) is 0 Å². The predicted octanol–water partition coefficient (Wildman–Crippen LogP) is 1.40. The Bertz CT molecular complexity index is 178. The third-order valence-corrected chi connectivity index (χ3v) is 2.36. The Balaban J connectivity index is 3.69. The van der Waals surface area contributed by atoms with Gasteiger partial charge in [-0.2, -0.15) is 0 Å². The van der Waals surface area contributed by atoms with Crippen LogP contribution in [0.3, 0.4) is 0 Å². The van der Waals surface area contributed by atoms with Crippen molar-refractivity contribution in [2.24, 2.45) is 17.6 Å². The average Bonchev–Trinajstić information content (AvgIpc) is 2.16. The number of nitrogens with two attached hydrogens (primary N) is 1. The summed E-state index contributed by atoms with van der Waals surface area (Å²) in [5, 5.41) is 8.61. The highest BCUT2D eigenvalue weighted by Crippen LogP contribution is 2.17. The number of hydrogen-bond donors (Lipinski definition) is 2. The largest absolute Gasteiger partial charge is 0.481 e. The molecule has 4 nitrogen and oxygen atoms in total. The van der Waals surface area contributed by atoms with Crippen LogP contribution in [0.5, 0.6) is 0 Å². The molecular formula is C10H20FNO3. The fourth-order valence-corrected chi connectivity index (χ4v) is 1.54. The van der Waals surface area contributed by atoms with Gasteiger partial charge in [-0.15, -0.1) is 0 Å². The summed E-state index contributed by atoms with van der Waals surface area (Å²) in [4.78, 5) is 10.5. The summed E-state index contributed by atoms with van der Waals surface area (Å²) >= 11 is 0. The molecule has 0 amide bonds. The Kier molecular flexibility index (Phi) is 8.22. The normalized spacial score (nSPS) is 14.9. The summed E-state index contributed by atoms with van der Waals surface area (Å²) < 4.78 is 16.2. The molecule has 2 atom stereocenters. The molecule has 0 aromatic carbocycles. The molecule has 0 rings (SSSR count). The van der Waals surface area contributed by atoms with Crippen molar-refractivity contribution < 1.29 is 19.0 Å². The second-order valence-corrected chi connectivity index (χ2v) is 3.85. The Morgan fingerprint density at radius 3 is 2.73 bits per heavy atom. The maximum absolute atomic E-state index is 11.6. The summed E-state index contributed by atoms with van der Waals surface area (Å²) in [6.07, 6.45) is 1.59. The van der Waals surface area contributed by atoms with Crippen LogP contribution in [0, 0.1) is 11.8 Å². The Hall–Kier alpha value is -0.680. The second kappa shape index (κ2) is 8.61. The van der Waals surface area contributed by atoms with Gasteiger partial charge in [0.15, 0.2) is 6.86 Å². The van der Waals surface area contributed by atoms with Crippen molar-refractivity contribution in [2.75, 3.05) is 20.0 Å². The number of hydrogen-bond acceptors (Lipinski definition) is 3. The molecule has 0 fully saturated rings. The van der Waals surface area contributed by atoms with E-state index in [0.717, 1.165) is 12.8 Å². The standard InChI is InChI=1S/C10H20FNO3/c1-8(2-3-15-7-11)4-9(6-12)5-10(13)14/h8-9H,2-7,12H2,1H3,(H,13,14)/t8-,9+/m1/s1. The number of carboxylic acids is 1. The first kappa shape index (κ1) is 14.3. The first-order chi connectivity index (χ1) is 7.10. The van der Waals surface area contributed by atoms with E-state index in [1.54, 1.807) is 0 Å². The van der Waals surface area contributed by atoms with E-state index in [2.05, 4.69) is 4.74 Å². The highest BCUT2D eigenvalue weighted by Gasteiger charge is 2.15. The number of carboxylic acid groups (broad SMARTS) is 1. The lowest BCUT2D eigenvalue weighted by Gasteiger charge is -2.17. The van der Waals surface area contributed by atoms with Crippen molar-refractivity contribution in [3.8, 4) is 0 Å². The molecule has 5 heteroatoms. The van der Waals surface area contributed by atoms with Gasteiger partial charge >= 0.3 is 5.97 Å². The molecular weight excluding hydrogens is 201 g/mol. The number of carbonyl (C=O) groups is 1. The van der Waals surface area contributed by atoms with E-state index >= 15 is 0 Å². The minimum atomic E-state index is -0.822. The molecule has 0 saturated heterocycles. The lowest BCUT2D eigenvalue weighted by molar-refractivity contribution is -0.138. The predicted molar refractivity (Wildman–Crippen MR) is 55.1 cm³/mol. The van der Waals surface area contributed by atoms with Crippen LogP contribution in [0.25, 0.3) is 0 Å². The zero-order valence-corrected chi connectivity index (χ0v) is 9.12. The van der Waals surface area contributed by atoms with E-state index in [4.69, 9.17) is 10.8 Å². The number of ether oxygens (including phenoxy) is 1. The van der Waals surface area contributed by atoms with Crippen LogP contribution in [0.15, 0.2) is 0 Å². The molecule has 0 unspecified atom stereocenters. The van der Waals surface area contributed by atoms with Gasteiger partial charge in [-0.3, -0.25) is 4.79 Å². The first-order valence-electron chi connectivity index (χ1n) is 5.15. The molecule has 15 heavy (non-hydrogen) atoms. The number of alkyl halides is 1. The van der Waals surface area contributed by atoms with Crippen LogP contribution in [0.1, 0.15) is 26.2 Å². The van der Waals surface area contributed by atoms with Crippen LogP contribution in [0.2, 0.25) is 0 Å². The molecule has 0 heterocycles. The van der Waals surface area contributed by atoms with Gasteiger partial charge in [-0.25, -0.2) is 4.39 Å². The van der Waals surface area contributed by atoms with Gasteiger partial charge in [0.05, 0.1) is 6.61 Å². The van der Waals surface area contributed by atoms with Crippen molar-refractivity contribution in [2.45, 2.75) is 26.2 Å². The fourth-order valence-electron chi connectivity index (χ4n) is 1.54. The van der Waals surface area contributed by atoms with E-state index < -0.39 is 12.8 Å². The maximum Gasteiger partial charge on any atom is 0.303 e. The summed E-state index contributed by atoms with van der Waals surface area (Å²) in [7, 11) is 0. The molecule has 0 aliphatic rings. The molecule has 0 aliphatic carbocycles. The number of halogens is 1. The van der Waals surface area contributed by atoms with Crippen LogP contribution < -0.4 is 5.73 Å². The highest BCUT2D eigenvalue weighted by molar-refractivity contribution is 5.67. The van der Waals surface area contributed by atoms with Gasteiger partial charge in [0.1, 0.15) is 0 Å². The summed E-state index contributed by atoms with van der Waals surface area (Å²) in [6, 6.07) is 0. The van der Waals surface area contributed by atoms with E-state index in [1.165, 1.54) is 0 Å². The summed E-state index contributed by atoms with van der Waals surface area (Å²) in [5.41, 5.74) is 5.47. The minimum absolute atomic E-state index is 0.00266. The van der Waals surface area contributed by atoms with Gasteiger partial charge in [0.25, 0.3) is 0 Å². The van der Waals surface area contributed by atoms with Gasteiger partial charge in [0, 0.05) is 6.42 Å². The van der Waals surface area contributed by atoms with E-state index in [0.29, 0.717) is 19.1 Å². The second-order valence-electron chi connectivity index (χ2n) is 3.85. The third kappa shape index (κ3) is 8.32. The van der Waals surface area contributed by atoms with E-state index in [-0.39, 0.29) is 12.3 Å². The van der Waals surface area contributed by atoms with Crippen molar-refractivity contribution in [3.63, 3.8) is 0 Å². The molecule has 3 N–H and O–H groups in total. The molecule has 0 bridgehead atoms. The van der Waals surface area contributed by atoms with Crippen molar-refractivity contribution in [1.29, 1.82) is 0 Å². The van der Waals surface area contributed by atoms with Crippen LogP contribution in [0.4, 0.5) is 4.39 Å². The SMILES string of the molecule is C[C@H](CCOCF)C[C@H](CN)CC(=O)O. The molecule has 0 radical (unpaired) electrons. The lowest BCUT2D eigenvalue weighted by atomic mass is 9.91. The first-order valence-corrected chi connectivity index (χ1v) is 5.15. The molecule has 0 aromatic rings. The Labute approximate surface area is 89.6 Å². The zero-order valence-electron chi connectivity index (χ0n) is 9.12. The fraction of sp³-hybridized carbons (Fsp3) is 0.900. The van der Waals surface area contributed by atoms with Crippen molar-refractivity contribution in [1.82, 2.24) is 0 Å². The molecule has 0 aromatic heterocycles. The Morgan fingerprint density at radius 1 is 1.60 bits per heavy atom. The highest BCUT2D eigenvalue weighted by atomic mass is 19.1. The van der Waals surface area contributed by atoms with Crippen LogP contribution in [-0.2, 0) is 9.53 Å². The molecule has 0 saturated carbocycles. The molecule has 0 aliphatic heterocycles. The molecule has 0 spiro atoms. The van der Waals surface area contributed by atoms with Gasteiger partial charge in [0.2, 0.25) is 0 Å². The third-order valence-electron chi connectivity index (χ3n) is 2.36. The monoisotopic (exact) mass is 221 g/mol. The van der Waals surface area contributed by atoms with Crippen LogP contribution in [-0.4, -0.2) is 31.1 Å². The lowest BCUT2D eigenvalue weighted by Crippen LogP contribution is -2.20. The van der Waals surface area contributed by atoms with Gasteiger partial charge in [-0.05, 0) is 31.2 Å². The Morgan fingerprint density at radius 2 is 2.27 bits per heavy atom. The summed E-state index contributed by atoms with van der Waals surface area (Å²) in [6.45, 7) is 1.98. The smallest absolute Gasteiger partial charge is 0.303 e. The number of rotatable bonds is 9. The summed E-state index contributed by atoms with van der Waals surface area (Å²) in [5.74, 6) is -0.509. The van der Waals surface area contributed by atoms with Gasteiger partial charge in [-0.1, -0.05) is 6.92 Å². The van der Waals surface area contributed by atoms with Crippen molar-refractivity contribution >= 4 is 5.97 Å².